The number of carbonyl (C=O) groups is 3. The Hall–Kier alpha value is -3.34. The molecular weight excluding hydrogens is 677 g/mol. The number of aryl methyl sites for hydroxylation is 3. The third-order valence-electron chi connectivity index (χ3n) is 7.18. The van der Waals surface area contributed by atoms with Crippen molar-refractivity contribution in [3.63, 3.8) is 0 Å². The average molecular weight is 727 g/mol. The van der Waals surface area contributed by atoms with Gasteiger partial charge >= 0.3 is 0 Å². The SMILES string of the molecule is CCCCC(C/C=C/C=O)Sc1ccoc1C.CCCCCC(C/C=C/C=O)Sc1ccoc1C.Cc1occc1SC(=O)c1ccco1. The van der Waals surface area contributed by atoms with Crippen molar-refractivity contribution in [2.45, 2.75) is 118 Å². The second-order valence-corrected chi connectivity index (χ2v) is 14.8. The molecule has 4 rings (SSSR count). The van der Waals surface area contributed by atoms with Crippen molar-refractivity contribution in [2.75, 3.05) is 0 Å². The predicted molar refractivity (Wildman–Crippen MR) is 202 cm³/mol. The molecule has 0 N–H and O–H groups in total. The molecule has 0 bridgehead atoms. The summed E-state index contributed by atoms with van der Waals surface area (Å²) in [7, 11) is 0. The summed E-state index contributed by atoms with van der Waals surface area (Å²) in [6.07, 6.45) is 25.7. The summed E-state index contributed by atoms with van der Waals surface area (Å²) in [4.78, 5) is 35.4. The summed E-state index contributed by atoms with van der Waals surface area (Å²) in [5, 5.41) is 0.950. The van der Waals surface area contributed by atoms with Crippen LogP contribution in [0.15, 0.2) is 112 Å². The molecule has 0 amide bonds. The maximum atomic E-state index is 11.6. The third kappa shape index (κ3) is 17.2. The molecule has 4 aromatic rings. The molecule has 0 fully saturated rings. The molecule has 0 spiro atoms. The van der Waals surface area contributed by atoms with E-state index in [0.717, 1.165) is 59.4 Å². The molecule has 0 aliphatic heterocycles. The van der Waals surface area contributed by atoms with E-state index in [1.807, 2.05) is 68.6 Å². The smallest absolute Gasteiger partial charge is 0.259 e. The molecule has 0 saturated carbocycles. The fraction of sp³-hybridized carbons (Fsp3) is 0.410. The van der Waals surface area contributed by atoms with Crippen LogP contribution in [0.5, 0.6) is 0 Å². The van der Waals surface area contributed by atoms with Gasteiger partial charge in [-0.1, -0.05) is 58.1 Å². The Balaban J connectivity index is 0.000000257. The molecule has 0 saturated heterocycles. The first-order valence-electron chi connectivity index (χ1n) is 16.7. The third-order valence-corrected chi connectivity index (χ3v) is 11.1. The van der Waals surface area contributed by atoms with Crippen molar-refractivity contribution in [1.29, 1.82) is 0 Å². The number of rotatable bonds is 19. The van der Waals surface area contributed by atoms with Crippen LogP contribution in [0.25, 0.3) is 0 Å². The number of unbranched alkanes of at least 4 members (excludes halogenated alkanes) is 3. The number of hydrogen-bond acceptors (Lipinski definition) is 10. The zero-order valence-corrected chi connectivity index (χ0v) is 31.7. The van der Waals surface area contributed by atoms with Gasteiger partial charge < -0.3 is 17.7 Å². The highest BCUT2D eigenvalue weighted by molar-refractivity contribution is 8.14. The van der Waals surface area contributed by atoms with Crippen molar-refractivity contribution in [3.05, 3.63) is 103 Å². The van der Waals surface area contributed by atoms with Crippen molar-refractivity contribution < 1.29 is 32.1 Å². The maximum absolute atomic E-state index is 11.6. The van der Waals surface area contributed by atoms with Gasteiger partial charge in [0.25, 0.3) is 5.12 Å². The normalized spacial score (nSPS) is 12.3. The molecule has 0 aliphatic rings. The fourth-order valence-electron chi connectivity index (χ4n) is 4.45. The Bertz CT molecular complexity index is 1510. The minimum absolute atomic E-state index is 0.112. The molecule has 10 heteroatoms. The van der Waals surface area contributed by atoms with E-state index in [2.05, 4.69) is 13.8 Å². The van der Waals surface area contributed by atoms with Gasteiger partial charge in [0.15, 0.2) is 5.76 Å². The maximum Gasteiger partial charge on any atom is 0.259 e. The van der Waals surface area contributed by atoms with E-state index in [0.29, 0.717) is 16.3 Å². The first-order valence-corrected chi connectivity index (χ1v) is 19.3. The van der Waals surface area contributed by atoms with Crippen LogP contribution in [-0.2, 0) is 9.59 Å². The van der Waals surface area contributed by atoms with Crippen LogP contribution >= 0.6 is 35.3 Å². The van der Waals surface area contributed by atoms with Gasteiger partial charge in [0.05, 0.1) is 29.9 Å². The van der Waals surface area contributed by atoms with E-state index in [1.165, 1.54) is 61.0 Å². The Labute approximate surface area is 304 Å². The molecule has 0 radical (unpaired) electrons. The number of hydrogen-bond donors (Lipinski definition) is 0. The first-order chi connectivity index (χ1) is 23.8. The van der Waals surface area contributed by atoms with Gasteiger partial charge in [-0.15, -0.1) is 23.5 Å². The summed E-state index contributed by atoms with van der Waals surface area (Å²) in [5.74, 6) is 3.07. The highest BCUT2D eigenvalue weighted by Crippen LogP contribution is 2.33. The second-order valence-electron chi connectivity index (χ2n) is 11.1. The Kier molecular flexibility index (Phi) is 21.9. The summed E-state index contributed by atoms with van der Waals surface area (Å²) >= 11 is 4.82. The number of furan rings is 4. The lowest BCUT2D eigenvalue weighted by atomic mass is 10.1. The van der Waals surface area contributed by atoms with Gasteiger partial charge in [0.2, 0.25) is 0 Å². The first kappa shape index (κ1) is 41.8. The van der Waals surface area contributed by atoms with Crippen LogP contribution in [-0.4, -0.2) is 28.2 Å². The topological polar surface area (TPSA) is 104 Å². The van der Waals surface area contributed by atoms with Gasteiger partial charge in [-0.3, -0.25) is 14.4 Å². The van der Waals surface area contributed by atoms with Crippen molar-refractivity contribution >= 4 is 53.0 Å². The van der Waals surface area contributed by atoms with E-state index >= 15 is 0 Å². The molecule has 2 unspecified atom stereocenters. The number of carbonyl (C=O) groups excluding carboxylic acids is 3. The van der Waals surface area contributed by atoms with E-state index in [9.17, 15) is 14.4 Å². The van der Waals surface area contributed by atoms with Crippen molar-refractivity contribution in [3.8, 4) is 0 Å². The summed E-state index contributed by atoms with van der Waals surface area (Å²) in [6.45, 7) is 10.2. The predicted octanol–water partition coefficient (Wildman–Crippen LogP) is 12.3. The Morgan fingerprint density at radius 3 is 1.55 bits per heavy atom. The lowest BCUT2D eigenvalue weighted by molar-refractivity contribution is -0.104. The van der Waals surface area contributed by atoms with E-state index in [1.54, 1.807) is 49.1 Å². The molecule has 7 nitrogen and oxygen atoms in total. The summed E-state index contributed by atoms with van der Waals surface area (Å²) in [5.41, 5.74) is 0. The zero-order chi connectivity index (χ0) is 35.7. The van der Waals surface area contributed by atoms with Gasteiger partial charge in [0.1, 0.15) is 29.9 Å². The van der Waals surface area contributed by atoms with Crippen LogP contribution < -0.4 is 0 Å². The zero-order valence-electron chi connectivity index (χ0n) is 29.3. The Morgan fingerprint density at radius 2 is 1.14 bits per heavy atom. The molecule has 0 aromatic carbocycles. The fourth-order valence-corrected chi connectivity index (χ4v) is 7.58. The molecule has 0 aliphatic carbocycles. The highest BCUT2D eigenvalue weighted by atomic mass is 32.2. The van der Waals surface area contributed by atoms with Gasteiger partial charge in [0, 0.05) is 20.3 Å². The van der Waals surface area contributed by atoms with Crippen molar-refractivity contribution in [1.82, 2.24) is 0 Å². The molecule has 4 aromatic heterocycles. The number of aldehydes is 2. The average Bonchev–Trinajstić information content (AvgIpc) is 3.92. The monoisotopic (exact) mass is 726 g/mol. The molecule has 2 atom stereocenters. The lowest BCUT2D eigenvalue weighted by Crippen LogP contribution is -2.01. The Morgan fingerprint density at radius 1 is 0.653 bits per heavy atom. The molecule has 266 valence electrons. The quantitative estimate of drug-likeness (QED) is 0.0401. The number of allylic oxidation sites excluding steroid dienone is 4. The second kappa shape index (κ2) is 25.6. The van der Waals surface area contributed by atoms with Crippen LogP contribution in [0.4, 0.5) is 0 Å². The highest BCUT2D eigenvalue weighted by Gasteiger charge is 2.14. The number of thioether (sulfide) groups is 3. The van der Waals surface area contributed by atoms with E-state index in [4.69, 9.17) is 17.7 Å². The molecular formula is C39H50O7S3. The van der Waals surface area contributed by atoms with Crippen molar-refractivity contribution in [2.24, 2.45) is 0 Å². The van der Waals surface area contributed by atoms with E-state index in [-0.39, 0.29) is 5.12 Å². The standard InChI is InChI=1S/C15H22O2S.C14H20O2S.C10H8O3S/c1-3-4-5-8-14(9-6-7-11-16)18-15-10-12-17-13(15)2;1-3-4-7-13(8-5-6-10-15)17-14-9-11-16-12(14)2;1-7-9(4-6-12-7)14-10(11)8-3-2-5-13-8/h6-7,10-12,14H,3-5,8-9H2,1-2H3;5-6,9-11,13H,3-4,7-8H2,1-2H3;2-6H,1H3/b7-6+;6-5+;. The van der Waals surface area contributed by atoms with Gasteiger partial charge in [-0.05, 0) is 101 Å². The van der Waals surface area contributed by atoms with E-state index < -0.39 is 0 Å². The summed E-state index contributed by atoms with van der Waals surface area (Å²) < 4.78 is 20.7. The molecule has 49 heavy (non-hydrogen) atoms. The summed E-state index contributed by atoms with van der Waals surface area (Å²) in [6, 6.07) is 9.14. The largest absolute Gasteiger partial charge is 0.468 e. The van der Waals surface area contributed by atoms with Gasteiger partial charge in [-0.2, -0.15) is 0 Å². The minimum atomic E-state index is -0.112. The minimum Gasteiger partial charge on any atom is -0.468 e. The van der Waals surface area contributed by atoms with Crippen LogP contribution in [0.3, 0.4) is 0 Å². The van der Waals surface area contributed by atoms with Crippen LogP contribution in [0, 0.1) is 20.8 Å². The van der Waals surface area contributed by atoms with Gasteiger partial charge in [-0.25, -0.2) is 0 Å². The lowest BCUT2D eigenvalue weighted by Gasteiger charge is -2.13. The molecule has 4 heterocycles. The van der Waals surface area contributed by atoms with Crippen LogP contribution in [0.2, 0.25) is 0 Å². The van der Waals surface area contributed by atoms with Crippen LogP contribution in [0.1, 0.15) is 99.5 Å².